The standard InChI is InChI=1S/C26H34F2N4O5/c1-4-26(2,3)22(34)19(13-17-9-6-5-7-10-17)31-21(33)15-30-24(36)20(16-37-25(27)28)32-23(35)18-11-8-12-29-14-18/h5-7,9-11,14,19-20,25H,4,8,12-13,15-16H2,1-3H3,(H,30,36)(H,31,33)(H,32,35). The second-order valence-electron chi connectivity index (χ2n) is 9.23. The lowest BCUT2D eigenvalue weighted by atomic mass is 9.80. The molecule has 1 aliphatic heterocycles. The summed E-state index contributed by atoms with van der Waals surface area (Å²) in [6.45, 7) is 1.50. The summed E-state index contributed by atoms with van der Waals surface area (Å²) in [5.74, 6) is -2.37. The molecule has 37 heavy (non-hydrogen) atoms. The highest BCUT2D eigenvalue weighted by Gasteiger charge is 2.33. The molecular weight excluding hydrogens is 486 g/mol. The summed E-state index contributed by atoms with van der Waals surface area (Å²) in [6, 6.07) is 6.87. The fourth-order valence-electron chi connectivity index (χ4n) is 3.50. The first-order valence-electron chi connectivity index (χ1n) is 12.1. The number of hydrogen-bond donors (Lipinski definition) is 3. The summed E-state index contributed by atoms with van der Waals surface area (Å²) in [5.41, 5.74) is 0.360. The molecule has 3 N–H and O–H groups in total. The van der Waals surface area contributed by atoms with Crippen LogP contribution in [0.2, 0.25) is 0 Å². The van der Waals surface area contributed by atoms with Gasteiger partial charge in [0, 0.05) is 18.2 Å². The Balaban J connectivity index is 2.04. The van der Waals surface area contributed by atoms with Crippen LogP contribution in [0.15, 0.2) is 47.0 Å². The van der Waals surface area contributed by atoms with Crippen molar-refractivity contribution in [1.29, 1.82) is 0 Å². The number of carbonyl (C=O) groups excluding carboxylic acids is 4. The number of halogens is 2. The van der Waals surface area contributed by atoms with Crippen LogP contribution in [0.5, 0.6) is 0 Å². The van der Waals surface area contributed by atoms with Crippen LogP contribution in [-0.4, -0.2) is 68.1 Å². The van der Waals surface area contributed by atoms with Crippen LogP contribution in [0.3, 0.4) is 0 Å². The Kier molecular flexibility index (Phi) is 11.5. The molecule has 3 amide bonds. The molecule has 1 aliphatic rings. The Hall–Kier alpha value is -3.47. The van der Waals surface area contributed by atoms with E-state index in [0.29, 0.717) is 19.4 Å². The number of amides is 3. The number of benzene rings is 1. The third kappa shape index (κ3) is 9.83. The summed E-state index contributed by atoms with van der Waals surface area (Å²) in [7, 11) is 0. The van der Waals surface area contributed by atoms with Gasteiger partial charge in [-0.25, -0.2) is 0 Å². The van der Waals surface area contributed by atoms with E-state index in [0.717, 1.165) is 5.56 Å². The normalized spacial score (nSPS) is 14.9. The van der Waals surface area contributed by atoms with Crippen molar-refractivity contribution in [2.75, 3.05) is 19.7 Å². The summed E-state index contributed by atoms with van der Waals surface area (Å²) in [4.78, 5) is 54.9. The minimum Gasteiger partial charge on any atom is -0.345 e. The van der Waals surface area contributed by atoms with Gasteiger partial charge in [-0.1, -0.05) is 57.2 Å². The molecule has 1 heterocycles. The summed E-state index contributed by atoms with van der Waals surface area (Å²) in [5, 5.41) is 7.32. The van der Waals surface area contributed by atoms with Gasteiger partial charge in [0.25, 0.3) is 5.91 Å². The van der Waals surface area contributed by atoms with Gasteiger partial charge in [0.1, 0.15) is 6.04 Å². The van der Waals surface area contributed by atoms with Crippen molar-refractivity contribution in [3.05, 3.63) is 47.5 Å². The molecule has 202 valence electrons. The molecule has 1 aromatic carbocycles. The van der Waals surface area contributed by atoms with Gasteiger partial charge in [0.05, 0.1) is 24.8 Å². The number of carbonyl (C=O) groups is 4. The van der Waals surface area contributed by atoms with E-state index < -0.39 is 55.0 Å². The quantitative estimate of drug-likeness (QED) is 0.346. The molecule has 0 spiro atoms. The highest BCUT2D eigenvalue weighted by atomic mass is 19.3. The van der Waals surface area contributed by atoms with Crippen molar-refractivity contribution in [3.8, 4) is 0 Å². The number of nitrogens with zero attached hydrogens (tertiary/aromatic N) is 1. The van der Waals surface area contributed by atoms with Crippen molar-refractivity contribution < 1.29 is 32.7 Å². The highest BCUT2D eigenvalue weighted by molar-refractivity contribution is 6.13. The van der Waals surface area contributed by atoms with Crippen LogP contribution in [0, 0.1) is 5.41 Å². The van der Waals surface area contributed by atoms with Gasteiger partial charge in [-0.2, -0.15) is 8.78 Å². The van der Waals surface area contributed by atoms with Crippen molar-refractivity contribution in [2.24, 2.45) is 10.4 Å². The van der Waals surface area contributed by atoms with Crippen LogP contribution < -0.4 is 16.0 Å². The van der Waals surface area contributed by atoms with E-state index in [4.69, 9.17) is 0 Å². The van der Waals surface area contributed by atoms with Gasteiger partial charge in [-0.05, 0) is 24.8 Å². The van der Waals surface area contributed by atoms with Gasteiger partial charge < -0.3 is 20.7 Å². The zero-order valence-corrected chi connectivity index (χ0v) is 21.3. The van der Waals surface area contributed by atoms with Gasteiger partial charge in [0.15, 0.2) is 5.78 Å². The van der Waals surface area contributed by atoms with E-state index in [1.54, 1.807) is 19.9 Å². The lowest BCUT2D eigenvalue weighted by molar-refractivity contribution is -0.146. The number of hydrogen-bond acceptors (Lipinski definition) is 6. The Labute approximate surface area is 215 Å². The minimum absolute atomic E-state index is 0.156. The molecule has 0 aliphatic carbocycles. The molecule has 0 fully saturated rings. The predicted molar refractivity (Wildman–Crippen MR) is 134 cm³/mol. The summed E-state index contributed by atoms with van der Waals surface area (Å²) < 4.78 is 29.4. The zero-order valence-electron chi connectivity index (χ0n) is 21.3. The second-order valence-corrected chi connectivity index (χ2v) is 9.23. The van der Waals surface area contributed by atoms with Gasteiger partial charge in [0.2, 0.25) is 11.8 Å². The average molecular weight is 521 g/mol. The highest BCUT2D eigenvalue weighted by Crippen LogP contribution is 2.24. The number of nitrogens with one attached hydrogen (secondary N) is 3. The van der Waals surface area contributed by atoms with Crippen molar-refractivity contribution >= 4 is 29.7 Å². The van der Waals surface area contributed by atoms with Crippen LogP contribution in [0.1, 0.15) is 39.2 Å². The number of ketones is 1. The maximum Gasteiger partial charge on any atom is 0.345 e. The Morgan fingerprint density at radius 3 is 2.38 bits per heavy atom. The second kappa shape index (κ2) is 14.3. The molecule has 1 aromatic rings. The molecule has 0 aromatic heterocycles. The first-order valence-corrected chi connectivity index (χ1v) is 12.1. The fourth-order valence-corrected chi connectivity index (χ4v) is 3.50. The van der Waals surface area contributed by atoms with E-state index in [1.807, 2.05) is 37.3 Å². The minimum atomic E-state index is -3.15. The SMILES string of the molecule is CCC(C)(C)C(=O)C(Cc1ccccc1)NC(=O)CNC(=O)C(COC(F)F)NC(=O)C1=CCCN=C1. The molecule has 0 saturated heterocycles. The number of rotatable bonds is 14. The molecule has 2 unspecified atom stereocenters. The largest absolute Gasteiger partial charge is 0.345 e. The van der Waals surface area contributed by atoms with E-state index in [-0.39, 0.29) is 17.8 Å². The third-order valence-corrected chi connectivity index (χ3v) is 6.03. The fraction of sp³-hybridized carbons (Fsp3) is 0.500. The predicted octanol–water partition coefficient (Wildman–Crippen LogP) is 1.96. The lowest BCUT2D eigenvalue weighted by Gasteiger charge is -2.28. The first-order chi connectivity index (χ1) is 17.5. The number of Topliss-reactive ketones (excluding diaryl/α,β-unsaturated/α-hetero) is 1. The maximum atomic E-state index is 13.1. The molecule has 0 saturated carbocycles. The van der Waals surface area contributed by atoms with Crippen molar-refractivity contribution in [2.45, 2.75) is 58.7 Å². The van der Waals surface area contributed by atoms with Crippen LogP contribution in [-0.2, 0) is 30.3 Å². The van der Waals surface area contributed by atoms with Gasteiger partial charge in [-0.3, -0.25) is 24.2 Å². The number of ether oxygens (including phenoxy) is 1. The van der Waals surface area contributed by atoms with E-state index in [2.05, 4.69) is 25.7 Å². The molecular formula is C26H34F2N4O5. The lowest BCUT2D eigenvalue weighted by Crippen LogP contribution is -2.54. The van der Waals surface area contributed by atoms with Crippen molar-refractivity contribution in [3.63, 3.8) is 0 Å². The van der Waals surface area contributed by atoms with E-state index >= 15 is 0 Å². The monoisotopic (exact) mass is 520 g/mol. The summed E-state index contributed by atoms with van der Waals surface area (Å²) in [6.07, 6.45) is 4.30. The molecule has 9 nitrogen and oxygen atoms in total. The molecule has 2 rings (SSSR count). The molecule has 0 radical (unpaired) electrons. The maximum absolute atomic E-state index is 13.1. The van der Waals surface area contributed by atoms with E-state index in [9.17, 15) is 28.0 Å². The zero-order chi connectivity index (χ0) is 27.4. The number of alkyl halides is 2. The van der Waals surface area contributed by atoms with Crippen LogP contribution in [0.4, 0.5) is 8.78 Å². The van der Waals surface area contributed by atoms with Crippen LogP contribution >= 0.6 is 0 Å². The number of aliphatic imine (C=N–C) groups is 1. The van der Waals surface area contributed by atoms with Gasteiger partial charge in [-0.15, -0.1) is 0 Å². The van der Waals surface area contributed by atoms with Gasteiger partial charge >= 0.3 is 6.61 Å². The third-order valence-electron chi connectivity index (χ3n) is 6.03. The Morgan fingerprint density at radius 2 is 1.78 bits per heavy atom. The molecule has 2 atom stereocenters. The Morgan fingerprint density at radius 1 is 1.08 bits per heavy atom. The molecule has 11 heteroatoms. The average Bonchev–Trinajstić information content (AvgIpc) is 2.89. The molecule has 0 bridgehead atoms. The Bertz CT molecular complexity index is 1010. The number of dihydropyridines is 1. The topological polar surface area (TPSA) is 126 Å². The van der Waals surface area contributed by atoms with E-state index in [1.165, 1.54) is 6.21 Å². The van der Waals surface area contributed by atoms with Crippen molar-refractivity contribution in [1.82, 2.24) is 16.0 Å². The first kappa shape index (κ1) is 29.8. The summed E-state index contributed by atoms with van der Waals surface area (Å²) >= 11 is 0. The smallest absolute Gasteiger partial charge is 0.345 e. The van der Waals surface area contributed by atoms with Crippen LogP contribution in [0.25, 0.3) is 0 Å².